The van der Waals surface area contributed by atoms with E-state index in [9.17, 15) is 24.6 Å². The van der Waals surface area contributed by atoms with Crippen molar-refractivity contribution in [3.8, 4) is 0 Å². The summed E-state index contributed by atoms with van der Waals surface area (Å²) >= 11 is 0. The predicted octanol–water partition coefficient (Wildman–Crippen LogP) is 7.26. The molecule has 5 atom stereocenters. The number of carbonyl (C=O) groups is 3. The van der Waals surface area contributed by atoms with Gasteiger partial charge in [0.05, 0.1) is 31.2 Å². The molecule has 4 aromatic rings. The van der Waals surface area contributed by atoms with Crippen LogP contribution in [-0.2, 0) is 27.2 Å². The first-order valence-electron chi connectivity index (χ1n) is 20.2. The molecule has 5 N–H and O–H groups in total. The molecule has 1 saturated carbocycles. The minimum Gasteiger partial charge on any atom is -0.394 e. The molecule has 1 aliphatic carbocycles. The third-order valence-electron chi connectivity index (χ3n) is 11.5. The number of benzene rings is 4. The van der Waals surface area contributed by atoms with Gasteiger partial charge < -0.3 is 26.2 Å². The molecule has 4 aromatic carbocycles. The van der Waals surface area contributed by atoms with Crippen LogP contribution in [-0.4, -0.2) is 58.8 Å². The fraction of sp³-hybridized carbons (Fsp3) is 0.500. The molecular formula is C46H61N3O5. The summed E-state index contributed by atoms with van der Waals surface area (Å²) < 4.78 is 0. The third-order valence-corrected chi connectivity index (χ3v) is 11.5. The topological polar surface area (TPSA) is 128 Å². The molecule has 0 bridgehead atoms. The van der Waals surface area contributed by atoms with Crippen molar-refractivity contribution < 1.29 is 24.6 Å². The van der Waals surface area contributed by atoms with E-state index in [1.165, 1.54) is 0 Å². The zero-order valence-electron chi connectivity index (χ0n) is 32.6. The molecule has 0 spiro atoms. The Morgan fingerprint density at radius 1 is 0.722 bits per heavy atom. The van der Waals surface area contributed by atoms with Crippen molar-refractivity contribution in [2.24, 2.45) is 23.7 Å². The van der Waals surface area contributed by atoms with Gasteiger partial charge in [-0.3, -0.25) is 14.4 Å². The Morgan fingerprint density at radius 3 is 1.81 bits per heavy atom. The lowest BCUT2D eigenvalue weighted by Crippen LogP contribution is -2.55. The molecule has 8 nitrogen and oxygen atoms in total. The molecule has 5 rings (SSSR count). The van der Waals surface area contributed by atoms with Crippen LogP contribution in [0.3, 0.4) is 0 Å². The van der Waals surface area contributed by atoms with E-state index < -0.39 is 30.1 Å². The number of aliphatic hydroxyl groups is 2. The highest BCUT2D eigenvalue weighted by molar-refractivity contribution is 5.91. The van der Waals surface area contributed by atoms with Crippen molar-refractivity contribution in [3.63, 3.8) is 0 Å². The second-order valence-electron chi connectivity index (χ2n) is 16.1. The summed E-state index contributed by atoms with van der Waals surface area (Å²) in [4.78, 5) is 42.0. The number of hydrogen-bond donors (Lipinski definition) is 5. The number of rotatable bonds is 19. The molecule has 1 unspecified atom stereocenters. The molecule has 1 fully saturated rings. The van der Waals surface area contributed by atoms with Crippen molar-refractivity contribution in [3.05, 3.63) is 96.1 Å². The fourth-order valence-corrected chi connectivity index (χ4v) is 8.18. The molecule has 3 amide bonds. The molecule has 0 saturated heterocycles. The summed E-state index contributed by atoms with van der Waals surface area (Å²) in [6.07, 6.45) is 5.66. The summed E-state index contributed by atoms with van der Waals surface area (Å²) in [5.41, 5.74) is 2.17. The third kappa shape index (κ3) is 11.1. The van der Waals surface area contributed by atoms with Crippen molar-refractivity contribution in [1.82, 2.24) is 16.0 Å². The summed E-state index contributed by atoms with van der Waals surface area (Å²) in [5.74, 6) is -0.807. The Labute approximate surface area is 321 Å². The standard InChI is InChI=1S/C46H61N3O5/c1-5-31(4)42(29-50)47-44(52)28-43(51)40(24-30(2)3)48-46(54)41(25-32-14-6-7-15-32)49-45(53)37(26-35-20-12-18-33-16-8-10-22-38(33)35)27-36-21-13-19-34-17-9-11-23-39(34)36/h8-13,16-23,30-32,37,40-43,50-51H,5-7,14-15,24-29H2,1-4H3,(H,47,52)(H,48,54)(H,49,53)/t31-,40-,41?,42+,43-/m0/s1. The SMILES string of the molecule is CC[C@H](C)[C@@H](CO)NC(=O)C[C@H](O)[C@H](CC(C)C)NC(=O)C(CC1CCCC1)NC(=O)C(Cc1cccc2ccccc12)Cc1cccc2ccccc12. The summed E-state index contributed by atoms with van der Waals surface area (Å²) in [6.45, 7) is 7.80. The first kappa shape index (κ1) is 40.9. The lowest BCUT2D eigenvalue weighted by atomic mass is 9.87. The van der Waals surface area contributed by atoms with Crippen LogP contribution < -0.4 is 16.0 Å². The number of nitrogens with one attached hydrogen (secondary N) is 3. The van der Waals surface area contributed by atoms with Gasteiger partial charge in [0, 0.05) is 5.92 Å². The zero-order valence-corrected chi connectivity index (χ0v) is 32.6. The number of carbonyl (C=O) groups excluding carboxylic acids is 3. The molecule has 0 heterocycles. The van der Waals surface area contributed by atoms with Gasteiger partial charge in [-0.05, 0) is 76.1 Å². The predicted molar refractivity (Wildman–Crippen MR) is 218 cm³/mol. The van der Waals surface area contributed by atoms with Crippen LogP contribution in [0.1, 0.15) is 90.2 Å². The lowest BCUT2D eigenvalue weighted by Gasteiger charge is -2.30. The van der Waals surface area contributed by atoms with Crippen LogP contribution in [0.25, 0.3) is 21.5 Å². The number of hydrogen-bond acceptors (Lipinski definition) is 5. The lowest BCUT2D eigenvalue weighted by molar-refractivity contribution is -0.132. The van der Waals surface area contributed by atoms with Gasteiger partial charge in [-0.1, -0.05) is 145 Å². The van der Waals surface area contributed by atoms with Crippen LogP contribution in [0.5, 0.6) is 0 Å². The number of amides is 3. The van der Waals surface area contributed by atoms with Gasteiger partial charge in [0.2, 0.25) is 17.7 Å². The highest BCUT2D eigenvalue weighted by Crippen LogP contribution is 2.30. The van der Waals surface area contributed by atoms with Crippen molar-refractivity contribution in [1.29, 1.82) is 0 Å². The Balaban J connectivity index is 1.39. The maximum Gasteiger partial charge on any atom is 0.242 e. The first-order chi connectivity index (χ1) is 26.1. The van der Waals surface area contributed by atoms with E-state index in [4.69, 9.17) is 0 Å². The van der Waals surface area contributed by atoms with Gasteiger partial charge >= 0.3 is 0 Å². The number of aliphatic hydroxyl groups excluding tert-OH is 2. The van der Waals surface area contributed by atoms with Crippen LogP contribution in [0, 0.1) is 23.7 Å². The highest BCUT2D eigenvalue weighted by Gasteiger charge is 2.33. The maximum atomic E-state index is 14.7. The van der Waals surface area contributed by atoms with Gasteiger partial charge in [-0.15, -0.1) is 0 Å². The molecule has 8 heteroatoms. The van der Waals surface area contributed by atoms with E-state index >= 15 is 0 Å². The van der Waals surface area contributed by atoms with Crippen LogP contribution in [0.15, 0.2) is 84.9 Å². The van der Waals surface area contributed by atoms with E-state index in [1.807, 2.05) is 64.1 Å². The summed E-state index contributed by atoms with van der Waals surface area (Å²) in [7, 11) is 0. The zero-order chi connectivity index (χ0) is 38.6. The maximum absolute atomic E-state index is 14.7. The largest absolute Gasteiger partial charge is 0.394 e. The molecule has 1 aliphatic rings. The van der Waals surface area contributed by atoms with Gasteiger partial charge in [0.25, 0.3) is 0 Å². The molecular weight excluding hydrogens is 675 g/mol. The van der Waals surface area contributed by atoms with Gasteiger partial charge in [0.1, 0.15) is 6.04 Å². The average Bonchev–Trinajstić information content (AvgIpc) is 3.69. The van der Waals surface area contributed by atoms with Gasteiger partial charge in [-0.25, -0.2) is 0 Å². The average molecular weight is 736 g/mol. The van der Waals surface area contributed by atoms with Crippen molar-refractivity contribution in [2.45, 2.75) is 116 Å². The first-order valence-corrected chi connectivity index (χ1v) is 20.2. The van der Waals surface area contributed by atoms with E-state index in [0.717, 1.165) is 64.8 Å². The van der Waals surface area contributed by atoms with Gasteiger partial charge in [-0.2, -0.15) is 0 Å². The molecule has 0 aromatic heterocycles. The Bertz CT molecular complexity index is 1740. The second kappa shape index (κ2) is 19.9. The van der Waals surface area contributed by atoms with Crippen molar-refractivity contribution in [2.75, 3.05) is 6.61 Å². The molecule has 54 heavy (non-hydrogen) atoms. The normalized spacial score (nSPS) is 16.3. The highest BCUT2D eigenvalue weighted by atomic mass is 16.3. The Kier molecular flexibility index (Phi) is 15.1. The van der Waals surface area contributed by atoms with E-state index in [0.29, 0.717) is 31.6 Å². The van der Waals surface area contributed by atoms with Crippen LogP contribution in [0.2, 0.25) is 0 Å². The monoisotopic (exact) mass is 735 g/mol. The number of fused-ring (bicyclic) bond motifs is 2. The van der Waals surface area contributed by atoms with Crippen LogP contribution >= 0.6 is 0 Å². The van der Waals surface area contributed by atoms with Crippen LogP contribution in [0.4, 0.5) is 0 Å². The fourth-order valence-electron chi connectivity index (χ4n) is 8.18. The summed E-state index contributed by atoms with van der Waals surface area (Å²) in [6, 6.07) is 27.0. The van der Waals surface area contributed by atoms with E-state index in [2.05, 4.69) is 64.5 Å². The quantitative estimate of drug-likeness (QED) is 0.0693. The minimum absolute atomic E-state index is 0.0762. The smallest absolute Gasteiger partial charge is 0.242 e. The van der Waals surface area contributed by atoms with E-state index in [1.54, 1.807) is 0 Å². The minimum atomic E-state index is -1.14. The molecule has 0 aliphatic heterocycles. The van der Waals surface area contributed by atoms with Crippen molar-refractivity contribution >= 4 is 39.3 Å². The van der Waals surface area contributed by atoms with Gasteiger partial charge in [0.15, 0.2) is 0 Å². The van der Waals surface area contributed by atoms with E-state index in [-0.39, 0.29) is 42.6 Å². The molecule has 0 radical (unpaired) electrons. The second-order valence-corrected chi connectivity index (χ2v) is 16.1. The Hall–Kier alpha value is -4.27. The summed E-state index contributed by atoms with van der Waals surface area (Å²) in [5, 5.41) is 34.8. The Morgan fingerprint density at radius 2 is 1.28 bits per heavy atom. The molecule has 290 valence electrons.